The molecule has 1 aliphatic heterocycles. The zero-order valence-electron chi connectivity index (χ0n) is 20.2. The molecule has 1 aliphatic rings. The lowest BCUT2D eigenvalue weighted by molar-refractivity contribution is -0.136. The summed E-state index contributed by atoms with van der Waals surface area (Å²) in [6.07, 6.45) is 1.77. The van der Waals surface area contributed by atoms with E-state index < -0.39 is 5.97 Å². The van der Waals surface area contributed by atoms with E-state index >= 15 is 0 Å². The fourth-order valence-electron chi connectivity index (χ4n) is 4.45. The third-order valence-electron chi connectivity index (χ3n) is 6.40. The fourth-order valence-corrected chi connectivity index (χ4v) is 4.67. The number of allylic oxidation sites excluding steroid dienone is 1. The van der Waals surface area contributed by atoms with Crippen molar-refractivity contribution in [2.45, 2.75) is 34.6 Å². The van der Waals surface area contributed by atoms with Gasteiger partial charge in [0, 0.05) is 22.8 Å². The summed E-state index contributed by atoms with van der Waals surface area (Å²) in [7, 11) is 1.33. The van der Waals surface area contributed by atoms with Crippen molar-refractivity contribution in [2.24, 2.45) is 0 Å². The van der Waals surface area contributed by atoms with Crippen molar-refractivity contribution in [3.05, 3.63) is 98.5 Å². The second-order valence-corrected chi connectivity index (χ2v) is 8.94. The van der Waals surface area contributed by atoms with E-state index in [9.17, 15) is 9.59 Å². The van der Waals surface area contributed by atoms with Crippen LogP contribution in [0.3, 0.4) is 0 Å². The predicted octanol–water partition coefficient (Wildman–Crippen LogP) is 6.24. The van der Waals surface area contributed by atoms with Crippen LogP contribution in [0.2, 0.25) is 5.02 Å². The first-order valence-electron chi connectivity index (χ1n) is 11.0. The third-order valence-corrected chi connectivity index (χ3v) is 6.72. The van der Waals surface area contributed by atoms with Crippen molar-refractivity contribution in [1.29, 1.82) is 0 Å². The SMILES string of the molecule is COC(=O)C1=C(C)N(c2ccc(C)c(C)c2)C(=O)/C1=C\c1cc(C)n(-c2ccccc2Cl)c1C. The molecule has 0 N–H and O–H groups in total. The molecule has 2 aromatic carbocycles. The minimum Gasteiger partial charge on any atom is -0.465 e. The highest BCUT2D eigenvalue weighted by Crippen LogP contribution is 2.37. The van der Waals surface area contributed by atoms with Gasteiger partial charge in [0.05, 0.1) is 29.0 Å². The highest BCUT2D eigenvalue weighted by molar-refractivity contribution is 6.32. The van der Waals surface area contributed by atoms with Crippen molar-refractivity contribution in [3.63, 3.8) is 0 Å². The second kappa shape index (κ2) is 8.99. The van der Waals surface area contributed by atoms with Crippen LogP contribution in [0, 0.1) is 27.7 Å². The van der Waals surface area contributed by atoms with Crippen molar-refractivity contribution in [3.8, 4) is 5.69 Å². The van der Waals surface area contributed by atoms with Crippen LogP contribution in [0.1, 0.15) is 35.0 Å². The Bertz CT molecular complexity index is 1390. The maximum absolute atomic E-state index is 13.7. The van der Waals surface area contributed by atoms with Crippen molar-refractivity contribution in [2.75, 3.05) is 12.0 Å². The molecular weight excluding hydrogens is 448 g/mol. The molecule has 0 saturated carbocycles. The van der Waals surface area contributed by atoms with Gasteiger partial charge in [-0.05, 0) is 87.7 Å². The Labute approximate surface area is 204 Å². The Morgan fingerprint density at radius 1 is 0.971 bits per heavy atom. The van der Waals surface area contributed by atoms with Crippen LogP contribution < -0.4 is 4.90 Å². The standard InChI is InChI=1S/C28H27ClN2O3/c1-16-11-12-22(13-17(16)2)31-20(5)26(28(33)34-6)23(27(31)32)15-21-14-18(3)30(19(21)4)25-10-8-7-9-24(25)29/h7-15H,1-6H3/b23-15-. The summed E-state index contributed by atoms with van der Waals surface area (Å²) in [4.78, 5) is 28.0. The molecule has 1 amide bonds. The van der Waals surface area contributed by atoms with Crippen molar-refractivity contribution < 1.29 is 14.3 Å². The maximum Gasteiger partial charge on any atom is 0.340 e. The molecule has 34 heavy (non-hydrogen) atoms. The van der Waals surface area contributed by atoms with E-state index in [4.69, 9.17) is 16.3 Å². The smallest absolute Gasteiger partial charge is 0.340 e. The van der Waals surface area contributed by atoms with Crippen LogP contribution in [0.15, 0.2) is 65.4 Å². The highest BCUT2D eigenvalue weighted by Gasteiger charge is 2.38. The number of esters is 1. The molecule has 0 spiro atoms. The van der Waals surface area contributed by atoms with Gasteiger partial charge in [-0.1, -0.05) is 29.8 Å². The number of hydrogen-bond acceptors (Lipinski definition) is 3. The lowest BCUT2D eigenvalue weighted by Crippen LogP contribution is -2.24. The number of carbonyl (C=O) groups is 2. The van der Waals surface area contributed by atoms with E-state index in [0.717, 1.165) is 39.5 Å². The average molecular weight is 475 g/mol. The third kappa shape index (κ3) is 3.86. The van der Waals surface area contributed by atoms with Gasteiger partial charge in [-0.2, -0.15) is 0 Å². The first-order chi connectivity index (χ1) is 16.1. The first kappa shape index (κ1) is 23.6. The fraction of sp³-hybridized carbons (Fsp3) is 0.214. The van der Waals surface area contributed by atoms with Crippen LogP contribution >= 0.6 is 11.6 Å². The summed E-state index contributed by atoms with van der Waals surface area (Å²) >= 11 is 6.45. The van der Waals surface area contributed by atoms with E-state index in [-0.39, 0.29) is 11.5 Å². The van der Waals surface area contributed by atoms with Gasteiger partial charge >= 0.3 is 5.97 Å². The zero-order valence-corrected chi connectivity index (χ0v) is 20.9. The highest BCUT2D eigenvalue weighted by atomic mass is 35.5. The number of nitrogens with zero attached hydrogens (tertiary/aromatic N) is 2. The summed E-state index contributed by atoms with van der Waals surface area (Å²) in [5.74, 6) is -0.799. The Balaban J connectivity index is 1.87. The van der Waals surface area contributed by atoms with Crippen LogP contribution in [0.5, 0.6) is 0 Å². The number of hydrogen-bond donors (Lipinski definition) is 0. The number of aryl methyl sites for hydroxylation is 3. The zero-order chi connectivity index (χ0) is 24.7. The molecule has 0 bridgehead atoms. The van der Waals surface area contributed by atoms with Crippen LogP contribution in [0.4, 0.5) is 5.69 Å². The van der Waals surface area contributed by atoms with Gasteiger partial charge in [-0.3, -0.25) is 9.69 Å². The molecule has 0 unspecified atom stereocenters. The lowest BCUT2D eigenvalue weighted by Gasteiger charge is -2.19. The van der Waals surface area contributed by atoms with E-state index in [1.807, 2.05) is 80.8 Å². The summed E-state index contributed by atoms with van der Waals surface area (Å²) in [5.41, 5.74) is 7.62. The number of anilines is 1. The summed E-state index contributed by atoms with van der Waals surface area (Å²) < 4.78 is 7.10. The number of carbonyl (C=O) groups excluding carboxylic acids is 2. The summed E-state index contributed by atoms with van der Waals surface area (Å²) in [5, 5.41) is 0.632. The summed E-state index contributed by atoms with van der Waals surface area (Å²) in [6.45, 7) is 9.75. The van der Waals surface area contributed by atoms with Crippen molar-refractivity contribution >= 4 is 35.2 Å². The Hall–Kier alpha value is -3.57. The van der Waals surface area contributed by atoms with E-state index in [1.54, 1.807) is 17.9 Å². The number of amides is 1. The van der Waals surface area contributed by atoms with Crippen molar-refractivity contribution in [1.82, 2.24) is 4.57 Å². The van der Waals surface area contributed by atoms with Gasteiger partial charge in [-0.25, -0.2) is 4.79 Å². The number of benzene rings is 2. The first-order valence-corrected chi connectivity index (χ1v) is 11.4. The molecule has 2 heterocycles. The molecule has 0 fully saturated rings. The molecule has 0 atom stereocenters. The molecule has 1 aromatic heterocycles. The largest absolute Gasteiger partial charge is 0.465 e. The Morgan fingerprint density at radius 3 is 2.32 bits per heavy atom. The monoisotopic (exact) mass is 474 g/mol. The van der Waals surface area contributed by atoms with Gasteiger partial charge in [-0.15, -0.1) is 0 Å². The molecular formula is C28H27ClN2O3. The topological polar surface area (TPSA) is 51.5 Å². The molecule has 5 nitrogen and oxygen atoms in total. The normalized spacial score (nSPS) is 15.0. The van der Waals surface area contributed by atoms with Gasteiger partial charge in [0.25, 0.3) is 5.91 Å². The maximum atomic E-state index is 13.7. The van der Waals surface area contributed by atoms with Gasteiger partial charge in [0.2, 0.25) is 0 Å². The van der Waals surface area contributed by atoms with Crippen LogP contribution in [-0.4, -0.2) is 23.6 Å². The lowest BCUT2D eigenvalue weighted by atomic mass is 10.0. The quantitative estimate of drug-likeness (QED) is 0.332. The van der Waals surface area contributed by atoms with E-state index in [0.29, 0.717) is 16.3 Å². The van der Waals surface area contributed by atoms with E-state index in [1.165, 1.54) is 7.11 Å². The minimum atomic E-state index is -0.539. The Kier molecular flexibility index (Phi) is 6.24. The number of para-hydroxylation sites is 1. The van der Waals surface area contributed by atoms with E-state index in [2.05, 4.69) is 0 Å². The number of rotatable bonds is 4. The van der Waals surface area contributed by atoms with Gasteiger partial charge in [0.15, 0.2) is 0 Å². The minimum absolute atomic E-state index is 0.260. The number of ether oxygens (including phenoxy) is 1. The number of halogens is 1. The average Bonchev–Trinajstić information content (AvgIpc) is 3.22. The van der Waals surface area contributed by atoms with Gasteiger partial charge in [0.1, 0.15) is 0 Å². The van der Waals surface area contributed by atoms with Crippen LogP contribution in [0.25, 0.3) is 11.8 Å². The number of methoxy groups -OCH3 is 1. The summed E-state index contributed by atoms with van der Waals surface area (Å²) in [6, 6.07) is 15.4. The molecule has 4 rings (SSSR count). The Morgan fingerprint density at radius 2 is 1.68 bits per heavy atom. The molecule has 0 radical (unpaired) electrons. The molecule has 6 heteroatoms. The second-order valence-electron chi connectivity index (χ2n) is 8.53. The number of aromatic nitrogens is 1. The molecule has 0 saturated heterocycles. The van der Waals surface area contributed by atoms with Gasteiger partial charge < -0.3 is 9.30 Å². The molecule has 3 aromatic rings. The predicted molar refractivity (Wildman–Crippen MR) is 136 cm³/mol. The van der Waals surface area contributed by atoms with Crippen LogP contribution in [-0.2, 0) is 14.3 Å². The molecule has 0 aliphatic carbocycles. The molecule has 174 valence electrons.